The highest BCUT2D eigenvalue weighted by Crippen LogP contribution is 2.13. The van der Waals surface area contributed by atoms with Crippen LogP contribution in [0, 0.1) is 5.41 Å². The van der Waals surface area contributed by atoms with Gasteiger partial charge in [-0.25, -0.2) is 0 Å². The lowest BCUT2D eigenvalue weighted by molar-refractivity contribution is -0.146. The first-order chi connectivity index (χ1) is 7.42. The molecule has 0 radical (unpaired) electrons. The van der Waals surface area contributed by atoms with E-state index in [-0.39, 0.29) is 18.9 Å². The normalized spacial score (nSPS) is 11.1. The van der Waals surface area contributed by atoms with E-state index in [1.54, 1.807) is 19.9 Å². The van der Waals surface area contributed by atoms with Gasteiger partial charge in [-0.2, -0.15) is 0 Å². The van der Waals surface area contributed by atoms with Crippen LogP contribution in [0.5, 0.6) is 0 Å². The fourth-order valence-electron chi connectivity index (χ4n) is 0.951. The lowest BCUT2D eigenvalue weighted by atomic mass is 9.94. The number of hydrogen-bond acceptors (Lipinski definition) is 4. The molecule has 0 saturated carbocycles. The van der Waals surface area contributed by atoms with Crippen LogP contribution in [0.15, 0.2) is 16.9 Å². The predicted octanol–water partition coefficient (Wildman–Crippen LogP) is 0.444. The fraction of sp³-hybridized carbons (Fsp3) is 0.500. The molecule has 1 aromatic heterocycles. The minimum atomic E-state index is -0.973. The van der Waals surface area contributed by atoms with Gasteiger partial charge in [-0.1, -0.05) is 5.16 Å². The first-order valence-electron chi connectivity index (χ1n) is 4.81. The molecule has 0 saturated heterocycles. The quantitative estimate of drug-likeness (QED) is 0.760. The Morgan fingerprint density at radius 2 is 2.25 bits per heavy atom. The van der Waals surface area contributed by atoms with E-state index in [0.29, 0.717) is 5.69 Å². The van der Waals surface area contributed by atoms with Crippen LogP contribution < -0.4 is 5.32 Å². The number of aromatic nitrogens is 1. The maximum absolute atomic E-state index is 11.4. The summed E-state index contributed by atoms with van der Waals surface area (Å²) < 4.78 is 4.57. The number of carbonyl (C=O) groups excluding carboxylic acids is 1. The second-order valence-electron chi connectivity index (χ2n) is 4.13. The van der Waals surface area contributed by atoms with E-state index >= 15 is 0 Å². The third kappa shape index (κ3) is 3.38. The lowest BCUT2D eigenvalue weighted by Crippen LogP contribution is -2.39. The number of nitrogens with zero attached hydrogens (tertiary/aromatic N) is 1. The molecule has 0 aromatic carbocycles. The summed E-state index contributed by atoms with van der Waals surface area (Å²) in [5, 5.41) is 15.0. The van der Waals surface area contributed by atoms with Gasteiger partial charge in [-0.15, -0.1) is 0 Å². The molecule has 0 aliphatic heterocycles. The Balaban J connectivity index is 2.39. The number of amides is 1. The SMILES string of the molecule is CC(C)(CNC(=O)Cc1ccon1)C(=O)O. The second kappa shape index (κ2) is 4.78. The number of aliphatic carboxylic acids is 1. The Hall–Kier alpha value is -1.85. The molecule has 1 aromatic rings. The van der Waals surface area contributed by atoms with Crippen molar-refractivity contribution in [1.82, 2.24) is 10.5 Å². The van der Waals surface area contributed by atoms with Crippen LogP contribution in [0.3, 0.4) is 0 Å². The third-order valence-corrected chi connectivity index (χ3v) is 2.14. The Morgan fingerprint density at radius 3 is 2.75 bits per heavy atom. The van der Waals surface area contributed by atoms with E-state index < -0.39 is 11.4 Å². The summed E-state index contributed by atoms with van der Waals surface area (Å²) in [6.45, 7) is 3.18. The molecule has 0 aliphatic carbocycles. The smallest absolute Gasteiger partial charge is 0.310 e. The molecule has 0 aliphatic rings. The maximum atomic E-state index is 11.4. The van der Waals surface area contributed by atoms with Crippen LogP contribution in [0.25, 0.3) is 0 Å². The van der Waals surface area contributed by atoms with Crippen molar-refractivity contribution in [2.45, 2.75) is 20.3 Å². The van der Waals surface area contributed by atoms with Crippen LogP contribution in [0.1, 0.15) is 19.5 Å². The molecule has 2 N–H and O–H groups in total. The minimum Gasteiger partial charge on any atom is -0.481 e. The van der Waals surface area contributed by atoms with Crippen molar-refractivity contribution < 1.29 is 19.2 Å². The molecule has 0 atom stereocenters. The first-order valence-corrected chi connectivity index (χ1v) is 4.81. The van der Waals surface area contributed by atoms with Crippen molar-refractivity contribution in [2.24, 2.45) is 5.41 Å². The van der Waals surface area contributed by atoms with Gasteiger partial charge in [0, 0.05) is 12.6 Å². The fourth-order valence-corrected chi connectivity index (χ4v) is 0.951. The highest BCUT2D eigenvalue weighted by molar-refractivity contribution is 5.79. The Bertz CT molecular complexity index is 370. The number of carbonyl (C=O) groups is 2. The average molecular weight is 226 g/mol. The summed E-state index contributed by atoms with van der Waals surface area (Å²) in [5.74, 6) is -1.22. The largest absolute Gasteiger partial charge is 0.481 e. The maximum Gasteiger partial charge on any atom is 0.310 e. The second-order valence-corrected chi connectivity index (χ2v) is 4.13. The van der Waals surface area contributed by atoms with Gasteiger partial charge >= 0.3 is 5.97 Å². The molecular weight excluding hydrogens is 212 g/mol. The van der Waals surface area contributed by atoms with Crippen molar-refractivity contribution in [1.29, 1.82) is 0 Å². The van der Waals surface area contributed by atoms with Gasteiger partial charge < -0.3 is 14.9 Å². The minimum absolute atomic E-state index is 0.0824. The molecule has 6 heteroatoms. The summed E-state index contributed by atoms with van der Waals surface area (Å²) >= 11 is 0. The number of nitrogens with one attached hydrogen (secondary N) is 1. The van der Waals surface area contributed by atoms with E-state index in [1.165, 1.54) is 6.26 Å². The molecule has 1 rings (SSSR count). The Kier molecular flexibility index (Phi) is 3.65. The van der Waals surface area contributed by atoms with Crippen LogP contribution in [-0.2, 0) is 16.0 Å². The highest BCUT2D eigenvalue weighted by Gasteiger charge is 2.27. The van der Waals surface area contributed by atoms with Crippen molar-refractivity contribution in [3.05, 3.63) is 18.0 Å². The summed E-state index contributed by atoms with van der Waals surface area (Å²) in [6, 6.07) is 1.59. The zero-order valence-electron chi connectivity index (χ0n) is 9.19. The Labute approximate surface area is 92.6 Å². The van der Waals surface area contributed by atoms with Gasteiger partial charge in [0.1, 0.15) is 6.26 Å². The topological polar surface area (TPSA) is 92.4 Å². The van der Waals surface area contributed by atoms with Gasteiger partial charge in [0.15, 0.2) is 0 Å². The summed E-state index contributed by atoms with van der Waals surface area (Å²) in [7, 11) is 0. The summed E-state index contributed by atoms with van der Waals surface area (Å²) in [5.41, 5.74) is -0.454. The first kappa shape index (κ1) is 12.2. The van der Waals surface area contributed by atoms with Crippen LogP contribution in [0.4, 0.5) is 0 Å². The monoisotopic (exact) mass is 226 g/mol. The van der Waals surface area contributed by atoms with E-state index in [1.807, 2.05) is 0 Å². The molecule has 1 heterocycles. The molecule has 0 bridgehead atoms. The molecule has 0 unspecified atom stereocenters. The molecule has 1 amide bonds. The highest BCUT2D eigenvalue weighted by atomic mass is 16.5. The van der Waals surface area contributed by atoms with Gasteiger partial charge in [-0.05, 0) is 13.8 Å². The third-order valence-electron chi connectivity index (χ3n) is 2.14. The van der Waals surface area contributed by atoms with Crippen LogP contribution >= 0.6 is 0 Å². The molecule has 88 valence electrons. The molecule has 6 nitrogen and oxygen atoms in total. The van der Waals surface area contributed by atoms with Crippen LogP contribution in [0.2, 0.25) is 0 Å². The summed E-state index contributed by atoms with van der Waals surface area (Å²) in [4.78, 5) is 22.2. The van der Waals surface area contributed by atoms with E-state index in [2.05, 4.69) is 15.0 Å². The number of carboxylic acids is 1. The van der Waals surface area contributed by atoms with Gasteiger partial charge in [0.2, 0.25) is 5.91 Å². The van der Waals surface area contributed by atoms with Gasteiger partial charge in [0.25, 0.3) is 0 Å². The number of hydrogen-bond donors (Lipinski definition) is 2. The van der Waals surface area contributed by atoms with Gasteiger partial charge in [0.05, 0.1) is 17.5 Å². The van der Waals surface area contributed by atoms with E-state index in [4.69, 9.17) is 5.11 Å². The van der Waals surface area contributed by atoms with Crippen molar-refractivity contribution >= 4 is 11.9 Å². The molecular formula is C10H14N2O4. The zero-order valence-corrected chi connectivity index (χ0v) is 9.19. The Morgan fingerprint density at radius 1 is 1.56 bits per heavy atom. The van der Waals surface area contributed by atoms with Crippen LogP contribution in [-0.4, -0.2) is 28.7 Å². The van der Waals surface area contributed by atoms with Crippen molar-refractivity contribution in [2.75, 3.05) is 6.54 Å². The average Bonchev–Trinajstić information content (AvgIpc) is 2.67. The zero-order chi connectivity index (χ0) is 12.2. The lowest BCUT2D eigenvalue weighted by Gasteiger charge is -2.19. The standard InChI is InChI=1S/C10H14N2O4/c1-10(2,9(14)15)6-11-8(13)5-7-3-4-16-12-7/h3-4H,5-6H2,1-2H3,(H,11,13)(H,14,15). The molecule has 0 spiro atoms. The number of rotatable bonds is 5. The van der Waals surface area contributed by atoms with Gasteiger partial charge in [-0.3, -0.25) is 9.59 Å². The number of carboxylic acid groups (broad SMARTS) is 1. The molecule has 0 fully saturated rings. The van der Waals surface area contributed by atoms with E-state index in [0.717, 1.165) is 0 Å². The van der Waals surface area contributed by atoms with E-state index in [9.17, 15) is 9.59 Å². The van der Waals surface area contributed by atoms with Crippen molar-refractivity contribution in [3.8, 4) is 0 Å². The predicted molar refractivity (Wildman–Crippen MR) is 54.6 cm³/mol. The molecule has 16 heavy (non-hydrogen) atoms. The summed E-state index contributed by atoms with van der Waals surface area (Å²) in [6.07, 6.45) is 1.47. The van der Waals surface area contributed by atoms with Crippen molar-refractivity contribution in [3.63, 3.8) is 0 Å².